The number of aromatic amines is 1. The maximum absolute atomic E-state index is 3.67. The van der Waals surface area contributed by atoms with E-state index in [1.54, 1.807) is 0 Å². The van der Waals surface area contributed by atoms with Crippen LogP contribution in [0.3, 0.4) is 0 Å². The molecular formula is C13H22N2. The third-order valence-electron chi connectivity index (χ3n) is 3.62. The van der Waals surface area contributed by atoms with E-state index < -0.39 is 0 Å². The van der Waals surface area contributed by atoms with Crippen molar-refractivity contribution in [2.24, 2.45) is 5.92 Å². The van der Waals surface area contributed by atoms with Crippen molar-refractivity contribution in [3.63, 3.8) is 0 Å². The van der Waals surface area contributed by atoms with Crippen molar-refractivity contribution >= 4 is 0 Å². The molecule has 1 fully saturated rings. The van der Waals surface area contributed by atoms with Crippen LogP contribution in [0, 0.1) is 5.92 Å². The molecule has 1 aliphatic rings. The highest BCUT2D eigenvalue weighted by Gasteiger charge is 2.19. The molecule has 2 heteroatoms. The van der Waals surface area contributed by atoms with Gasteiger partial charge in [-0.25, -0.2) is 0 Å². The van der Waals surface area contributed by atoms with Crippen LogP contribution in [0.5, 0.6) is 0 Å². The lowest BCUT2D eigenvalue weighted by Crippen LogP contribution is -2.33. The molecule has 0 radical (unpaired) electrons. The summed E-state index contributed by atoms with van der Waals surface area (Å²) in [5, 5.41) is 3.67. The Kier molecular flexibility index (Phi) is 3.84. The second kappa shape index (κ2) is 5.36. The standard InChI is InChI=1S/C13H22N2/c1-2-11-4-3-5-13(8-11)15-10-12-6-7-14-9-12/h6-7,9,11,13-15H,2-5,8,10H2,1H3. The van der Waals surface area contributed by atoms with Gasteiger partial charge in [0.05, 0.1) is 0 Å². The number of rotatable bonds is 4. The molecule has 2 unspecified atom stereocenters. The van der Waals surface area contributed by atoms with Crippen molar-refractivity contribution in [3.8, 4) is 0 Å². The van der Waals surface area contributed by atoms with Gasteiger partial charge in [0.15, 0.2) is 0 Å². The Hall–Kier alpha value is -0.760. The van der Waals surface area contributed by atoms with Gasteiger partial charge in [-0.15, -0.1) is 0 Å². The first kappa shape index (κ1) is 10.7. The lowest BCUT2D eigenvalue weighted by atomic mass is 9.84. The summed E-state index contributed by atoms with van der Waals surface area (Å²) < 4.78 is 0. The SMILES string of the molecule is CCC1CCCC(NCc2cc[nH]c2)C1. The van der Waals surface area contributed by atoms with E-state index in [4.69, 9.17) is 0 Å². The van der Waals surface area contributed by atoms with Gasteiger partial charge in [0, 0.05) is 25.0 Å². The van der Waals surface area contributed by atoms with E-state index in [9.17, 15) is 0 Å². The summed E-state index contributed by atoms with van der Waals surface area (Å²) in [6.07, 6.45) is 11.0. The quantitative estimate of drug-likeness (QED) is 0.778. The number of H-pyrrole nitrogens is 1. The van der Waals surface area contributed by atoms with Crippen molar-refractivity contribution in [1.82, 2.24) is 10.3 Å². The molecule has 15 heavy (non-hydrogen) atoms. The largest absolute Gasteiger partial charge is 0.367 e. The Morgan fingerprint density at radius 1 is 1.47 bits per heavy atom. The van der Waals surface area contributed by atoms with Crippen molar-refractivity contribution < 1.29 is 0 Å². The molecule has 0 aliphatic heterocycles. The molecule has 2 nitrogen and oxygen atoms in total. The summed E-state index contributed by atoms with van der Waals surface area (Å²) in [7, 11) is 0. The van der Waals surface area contributed by atoms with Crippen LogP contribution in [0.25, 0.3) is 0 Å². The molecule has 0 bridgehead atoms. The van der Waals surface area contributed by atoms with E-state index in [2.05, 4.69) is 29.5 Å². The smallest absolute Gasteiger partial charge is 0.0223 e. The molecule has 0 saturated heterocycles. The van der Waals surface area contributed by atoms with Gasteiger partial charge in [0.2, 0.25) is 0 Å². The van der Waals surface area contributed by atoms with Gasteiger partial charge in [-0.05, 0) is 30.4 Å². The minimum Gasteiger partial charge on any atom is -0.367 e. The number of hydrogen-bond acceptors (Lipinski definition) is 1. The number of hydrogen-bond donors (Lipinski definition) is 2. The summed E-state index contributed by atoms with van der Waals surface area (Å²) in [6, 6.07) is 2.89. The van der Waals surface area contributed by atoms with E-state index in [-0.39, 0.29) is 0 Å². The highest BCUT2D eigenvalue weighted by Crippen LogP contribution is 2.26. The van der Waals surface area contributed by atoms with Gasteiger partial charge >= 0.3 is 0 Å². The van der Waals surface area contributed by atoms with E-state index in [0.29, 0.717) is 0 Å². The van der Waals surface area contributed by atoms with Gasteiger partial charge in [-0.3, -0.25) is 0 Å². The predicted octanol–water partition coefficient (Wildman–Crippen LogP) is 3.07. The first-order valence-electron chi connectivity index (χ1n) is 6.23. The van der Waals surface area contributed by atoms with E-state index in [0.717, 1.165) is 18.5 Å². The average Bonchev–Trinajstić information content (AvgIpc) is 2.79. The number of nitrogens with one attached hydrogen (secondary N) is 2. The third-order valence-corrected chi connectivity index (χ3v) is 3.62. The maximum atomic E-state index is 3.67. The molecule has 2 N–H and O–H groups in total. The molecule has 1 saturated carbocycles. The maximum Gasteiger partial charge on any atom is 0.0223 e. The molecule has 0 amide bonds. The summed E-state index contributed by atoms with van der Waals surface area (Å²) in [5.41, 5.74) is 1.37. The highest BCUT2D eigenvalue weighted by molar-refractivity contribution is 5.07. The normalized spacial score (nSPS) is 26.7. The molecule has 1 aromatic rings. The molecule has 0 aromatic carbocycles. The fraction of sp³-hybridized carbons (Fsp3) is 0.692. The van der Waals surface area contributed by atoms with Gasteiger partial charge in [0.1, 0.15) is 0 Å². The average molecular weight is 206 g/mol. The molecule has 2 rings (SSSR count). The van der Waals surface area contributed by atoms with Crippen LogP contribution in [-0.2, 0) is 6.54 Å². The predicted molar refractivity (Wildman–Crippen MR) is 63.7 cm³/mol. The van der Waals surface area contributed by atoms with Crippen LogP contribution in [-0.4, -0.2) is 11.0 Å². The highest BCUT2D eigenvalue weighted by atomic mass is 14.9. The van der Waals surface area contributed by atoms with E-state index in [1.807, 2.05) is 6.20 Å². The first-order valence-corrected chi connectivity index (χ1v) is 6.23. The summed E-state index contributed by atoms with van der Waals surface area (Å²) in [5.74, 6) is 0.961. The lowest BCUT2D eigenvalue weighted by Gasteiger charge is -2.29. The Bertz CT molecular complexity index is 266. The third kappa shape index (κ3) is 3.10. The van der Waals surface area contributed by atoms with Crippen LogP contribution in [0.1, 0.15) is 44.6 Å². The van der Waals surface area contributed by atoms with E-state index >= 15 is 0 Å². The summed E-state index contributed by atoms with van der Waals surface area (Å²) in [4.78, 5) is 3.10. The second-order valence-electron chi connectivity index (χ2n) is 4.74. The van der Waals surface area contributed by atoms with Gasteiger partial charge in [0.25, 0.3) is 0 Å². The fourth-order valence-corrected chi connectivity index (χ4v) is 2.58. The van der Waals surface area contributed by atoms with Gasteiger partial charge in [-0.1, -0.05) is 26.2 Å². The minimum atomic E-state index is 0.749. The summed E-state index contributed by atoms with van der Waals surface area (Å²) in [6.45, 7) is 3.34. The van der Waals surface area contributed by atoms with E-state index in [1.165, 1.54) is 37.7 Å². The van der Waals surface area contributed by atoms with Crippen molar-refractivity contribution in [2.75, 3.05) is 0 Å². The van der Waals surface area contributed by atoms with Crippen LogP contribution < -0.4 is 5.32 Å². The van der Waals surface area contributed by atoms with Crippen LogP contribution in [0.15, 0.2) is 18.5 Å². The zero-order chi connectivity index (χ0) is 10.5. The van der Waals surface area contributed by atoms with Crippen molar-refractivity contribution in [1.29, 1.82) is 0 Å². The first-order chi connectivity index (χ1) is 7.38. The zero-order valence-electron chi connectivity index (χ0n) is 9.63. The van der Waals surface area contributed by atoms with Crippen LogP contribution >= 0.6 is 0 Å². The topological polar surface area (TPSA) is 27.8 Å². The molecule has 1 aromatic heterocycles. The molecule has 84 valence electrons. The Balaban J connectivity index is 1.74. The van der Waals surface area contributed by atoms with Crippen molar-refractivity contribution in [2.45, 2.75) is 51.6 Å². The second-order valence-corrected chi connectivity index (χ2v) is 4.74. The Morgan fingerprint density at radius 2 is 2.40 bits per heavy atom. The van der Waals surface area contributed by atoms with Gasteiger partial charge in [-0.2, -0.15) is 0 Å². The van der Waals surface area contributed by atoms with Crippen molar-refractivity contribution in [3.05, 3.63) is 24.0 Å². The lowest BCUT2D eigenvalue weighted by molar-refractivity contribution is 0.278. The summed E-state index contributed by atoms with van der Waals surface area (Å²) >= 11 is 0. The molecule has 1 aliphatic carbocycles. The Labute approximate surface area is 92.5 Å². The van der Waals surface area contributed by atoms with Gasteiger partial charge < -0.3 is 10.3 Å². The molecule has 1 heterocycles. The minimum absolute atomic E-state index is 0.749. The Morgan fingerprint density at radius 3 is 3.13 bits per heavy atom. The van der Waals surface area contributed by atoms with Crippen LogP contribution in [0.2, 0.25) is 0 Å². The molecule has 0 spiro atoms. The molecule has 2 atom stereocenters. The van der Waals surface area contributed by atoms with Crippen LogP contribution in [0.4, 0.5) is 0 Å². The number of aromatic nitrogens is 1. The zero-order valence-corrected chi connectivity index (χ0v) is 9.63. The molecular weight excluding hydrogens is 184 g/mol. The fourth-order valence-electron chi connectivity index (χ4n) is 2.58. The monoisotopic (exact) mass is 206 g/mol.